The summed E-state index contributed by atoms with van der Waals surface area (Å²) in [5.74, 6) is 0.222. The molecule has 1 heterocycles. The van der Waals surface area contributed by atoms with Gasteiger partial charge in [0.25, 0.3) is 5.91 Å². The van der Waals surface area contributed by atoms with Crippen LogP contribution in [0.15, 0.2) is 41.0 Å². The fraction of sp³-hybridized carbons (Fsp3) is 0.200. The van der Waals surface area contributed by atoms with Gasteiger partial charge in [-0.3, -0.25) is 4.79 Å². The lowest BCUT2D eigenvalue weighted by Gasteiger charge is -2.12. The number of nitrogens with one attached hydrogen (secondary N) is 2. The Hall–Kier alpha value is -1.59. The molecule has 0 radical (unpaired) electrons. The molecule has 1 aromatic heterocycles. The third-order valence-electron chi connectivity index (χ3n) is 2.78. The number of nitrogens with zero attached hydrogens (tertiary/aromatic N) is 1. The minimum Gasteiger partial charge on any atom is -0.384 e. The summed E-state index contributed by atoms with van der Waals surface area (Å²) in [5.41, 5.74) is 1.25. The topological polar surface area (TPSA) is 54.0 Å². The van der Waals surface area contributed by atoms with Crippen LogP contribution in [0.4, 0.5) is 11.5 Å². The van der Waals surface area contributed by atoms with Crippen LogP contribution in [0, 0.1) is 0 Å². The average molecular weight is 369 g/mol. The van der Waals surface area contributed by atoms with Gasteiger partial charge in [-0.25, -0.2) is 4.98 Å². The first kappa shape index (κ1) is 15.8. The zero-order valence-electron chi connectivity index (χ0n) is 11.5. The highest BCUT2D eigenvalue weighted by Crippen LogP contribution is 2.24. The molecular formula is C15H15BrClN3O. The van der Waals surface area contributed by atoms with E-state index in [0.29, 0.717) is 16.4 Å². The number of aromatic nitrogens is 1. The predicted octanol–water partition coefficient (Wildman–Crippen LogP) is 4.57. The summed E-state index contributed by atoms with van der Waals surface area (Å²) >= 11 is 9.35. The lowest BCUT2D eigenvalue weighted by atomic mass is 10.1. The van der Waals surface area contributed by atoms with Crippen molar-refractivity contribution in [3.05, 3.63) is 51.6 Å². The van der Waals surface area contributed by atoms with Crippen molar-refractivity contribution >= 4 is 44.9 Å². The Labute approximate surface area is 137 Å². The molecule has 6 heteroatoms. The van der Waals surface area contributed by atoms with Crippen molar-refractivity contribution < 1.29 is 4.79 Å². The SMILES string of the molecule is CCCNc1ccc(Cl)cc1C(=O)Nc1ncccc1Br. The van der Waals surface area contributed by atoms with Gasteiger partial charge in [0.1, 0.15) is 5.82 Å². The quantitative estimate of drug-likeness (QED) is 0.812. The van der Waals surface area contributed by atoms with Gasteiger partial charge < -0.3 is 10.6 Å². The van der Waals surface area contributed by atoms with Gasteiger partial charge in [0.15, 0.2) is 0 Å². The van der Waals surface area contributed by atoms with Crippen LogP contribution in [0.2, 0.25) is 5.02 Å². The molecule has 21 heavy (non-hydrogen) atoms. The lowest BCUT2D eigenvalue weighted by Crippen LogP contribution is -2.16. The normalized spacial score (nSPS) is 10.2. The van der Waals surface area contributed by atoms with E-state index in [9.17, 15) is 4.79 Å². The summed E-state index contributed by atoms with van der Waals surface area (Å²) in [4.78, 5) is 16.6. The second-order valence-electron chi connectivity index (χ2n) is 4.40. The standard InChI is InChI=1S/C15H15BrClN3O/c1-2-7-18-13-6-5-10(17)9-11(13)15(21)20-14-12(16)4-3-8-19-14/h3-6,8-9,18H,2,7H2,1H3,(H,19,20,21). The first-order valence-corrected chi connectivity index (χ1v) is 7.74. The molecule has 0 aliphatic carbocycles. The van der Waals surface area contributed by atoms with E-state index in [1.807, 2.05) is 6.07 Å². The molecule has 2 N–H and O–H groups in total. The highest BCUT2D eigenvalue weighted by molar-refractivity contribution is 9.10. The summed E-state index contributed by atoms with van der Waals surface area (Å²) in [6, 6.07) is 8.81. The maximum absolute atomic E-state index is 12.4. The number of carbonyl (C=O) groups excluding carboxylic acids is 1. The second kappa shape index (κ2) is 7.43. The Balaban J connectivity index is 2.25. The zero-order valence-corrected chi connectivity index (χ0v) is 13.8. The van der Waals surface area contributed by atoms with Crippen molar-refractivity contribution in [2.75, 3.05) is 17.2 Å². The summed E-state index contributed by atoms with van der Waals surface area (Å²) in [5, 5.41) is 6.51. The molecule has 0 saturated carbocycles. The van der Waals surface area contributed by atoms with E-state index < -0.39 is 0 Å². The van der Waals surface area contributed by atoms with Crippen molar-refractivity contribution in [1.29, 1.82) is 0 Å². The van der Waals surface area contributed by atoms with Crippen LogP contribution in [0.25, 0.3) is 0 Å². The van der Waals surface area contributed by atoms with E-state index in [4.69, 9.17) is 11.6 Å². The molecule has 0 spiro atoms. The van der Waals surface area contributed by atoms with Gasteiger partial charge in [0.2, 0.25) is 0 Å². The number of rotatable bonds is 5. The highest BCUT2D eigenvalue weighted by atomic mass is 79.9. The Morgan fingerprint density at radius 3 is 2.90 bits per heavy atom. The molecule has 0 saturated heterocycles. The van der Waals surface area contributed by atoms with E-state index >= 15 is 0 Å². The smallest absolute Gasteiger partial charge is 0.258 e. The lowest BCUT2D eigenvalue weighted by molar-refractivity contribution is 0.102. The summed E-state index contributed by atoms with van der Waals surface area (Å²) < 4.78 is 0.725. The van der Waals surface area contributed by atoms with Crippen LogP contribution in [0.1, 0.15) is 23.7 Å². The van der Waals surface area contributed by atoms with E-state index in [1.165, 1.54) is 0 Å². The highest BCUT2D eigenvalue weighted by Gasteiger charge is 2.14. The van der Waals surface area contributed by atoms with Crippen molar-refractivity contribution in [3.8, 4) is 0 Å². The fourth-order valence-corrected chi connectivity index (χ4v) is 2.30. The van der Waals surface area contributed by atoms with E-state index in [1.54, 1.807) is 30.5 Å². The van der Waals surface area contributed by atoms with Crippen LogP contribution in [-0.2, 0) is 0 Å². The summed E-state index contributed by atoms with van der Waals surface area (Å²) in [6.07, 6.45) is 2.59. The van der Waals surface area contributed by atoms with Crippen LogP contribution in [0.3, 0.4) is 0 Å². The van der Waals surface area contributed by atoms with Gasteiger partial charge in [-0.05, 0) is 52.7 Å². The fourth-order valence-electron chi connectivity index (χ4n) is 1.77. The Morgan fingerprint density at radius 1 is 1.38 bits per heavy atom. The van der Waals surface area contributed by atoms with E-state index in [2.05, 4.69) is 38.5 Å². The van der Waals surface area contributed by atoms with Crippen LogP contribution < -0.4 is 10.6 Å². The Kier molecular flexibility index (Phi) is 5.59. The number of hydrogen-bond acceptors (Lipinski definition) is 3. The van der Waals surface area contributed by atoms with Crippen LogP contribution in [-0.4, -0.2) is 17.4 Å². The van der Waals surface area contributed by atoms with Gasteiger partial charge in [-0.2, -0.15) is 0 Å². The molecule has 0 fully saturated rings. The third kappa shape index (κ3) is 4.19. The predicted molar refractivity (Wildman–Crippen MR) is 90.1 cm³/mol. The van der Waals surface area contributed by atoms with Crippen LogP contribution in [0.5, 0.6) is 0 Å². The molecule has 1 amide bonds. The Morgan fingerprint density at radius 2 is 2.19 bits per heavy atom. The van der Waals surface area contributed by atoms with Gasteiger partial charge in [0.05, 0.1) is 10.0 Å². The zero-order chi connectivity index (χ0) is 15.2. The third-order valence-corrected chi connectivity index (χ3v) is 3.66. The number of anilines is 2. The first-order valence-electron chi connectivity index (χ1n) is 6.57. The largest absolute Gasteiger partial charge is 0.384 e. The number of hydrogen-bond donors (Lipinski definition) is 2. The van der Waals surface area contributed by atoms with Crippen molar-refractivity contribution in [3.63, 3.8) is 0 Å². The summed E-state index contributed by atoms with van der Waals surface area (Å²) in [6.45, 7) is 2.85. The molecular weight excluding hydrogens is 354 g/mol. The minimum absolute atomic E-state index is 0.254. The van der Waals surface area contributed by atoms with Crippen molar-refractivity contribution in [2.45, 2.75) is 13.3 Å². The number of carbonyl (C=O) groups is 1. The average Bonchev–Trinajstić information content (AvgIpc) is 2.48. The van der Waals surface area contributed by atoms with E-state index in [0.717, 1.165) is 23.1 Å². The maximum atomic E-state index is 12.4. The monoisotopic (exact) mass is 367 g/mol. The van der Waals surface area contributed by atoms with Gasteiger partial charge in [0, 0.05) is 23.5 Å². The van der Waals surface area contributed by atoms with Crippen molar-refractivity contribution in [1.82, 2.24) is 4.98 Å². The molecule has 0 atom stereocenters. The van der Waals surface area contributed by atoms with Crippen molar-refractivity contribution in [2.24, 2.45) is 0 Å². The molecule has 2 aromatic rings. The molecule has 2 rings (SSSR count). The maximum Gasteiger partial charge on any atom is 0.258 e. The number of halogens is 2. The number of benzene rings is 1. The van der Waals surface area contributed by atoms with Crippen LogP contribution >= 0.6 is 27.5 Å². The first-order chi connectivity index (χ1) is 10.1. The minimum atomic E-state index is -0.254. The molecule has 0 aliphatic heterocycles. The summed E-state index contributed by atoms with van der Waals surface area (Å²) in [7, 11) is 0. The molecule has 0 unspecified atom stereocenters. The molecule has 1 aromatic carbocycles. The molecule has 110 valence electrons. The second-order valence-corrected chi connectivity index (χ2v) is 5.70. The molecule has 0 bridgehead atoms. The van der Waals surface area contributed by atoms with Gasteiger partial charge in [-0.15, -0.1) is 0 Å². The Bertz CT molecular complexity index is 649. The molecule has 0 aliphatic rings. The van der Waals surface area contributed by atoms with Gasteiger partial charge in [-0.1, -0.05) is 18.5 Å². The number of amides is 1. The molecule has 4 nitrogen and oxygen atoms in total. The number of pyridine rings is 1. The van der Waals surface area contributed by atoms with Gasteiger partial charge >= 0.3 is 0 Å². The van der Waals surface area contributed by atoms with E-state index in [-0.39, 0.29) is 5.91 Å².